The van der Waals surface area contributed by atoms with Crippen molar-refractivity contribution in [3.63, 3.8) is 0 Å². The molecule has 0 bridgehead atoms. The molecule has 2 rings (SSSR count). The maximum absolute atomic E-state index is 11.8. The van der Waals surface area contributed by atoms with Gasteiger partial charge in [-0.3, -0.25) is 4.90 Å². The van der Waals surface area contributed by atoms with Crippen LogP contribution in [-0.4, -0.2) is 30.6 Å². The molecule has 0 saturated carbocycles. The van der Waals surface area contributed by atoms with Gasteiger partial charge in [0.05, 0.1) is 0 Å². The number of benzene rings is 1. The number of likely N-dealkylation sites (tertiary alicyclic amines) is 1. The zero-order valence-electron chi connectivity index (χ0n) is 14.8. The Morgan fingerprint density at radius 3 is 2.22 bits per heavy atom. The molecule has 23 heavy (non-hydrogen) atoms. The molecule has 0 unspecified atom stereocenters. The maximum Gasteiger partial charge on any atom is 0.315 e. The first-order chi connectivity index (χ1) is 10.9. The van der Waals surface area contributed by atoms with Crippen molar-refractivity contribution in [2.75, 3.05) is 19.6 Å². The van der Waals surface area contributed by atoms with Crippen LogP contribution in [-0.2, 0) is 13.1 Å². The summed E-state index contributed by atoms with van der Waals surface area (Å²) in [5, 5.41) is 5.81. The van der Waals surface area contributed by atoms with Crippen LogP contribution in [0, 0.1) is 5.41 Å². The normalized spacial score (nSPS) is 16.1. The minimum Gasteiger partial charge on any atom is -0.338 e. The van der Waals surface area contributed by atoms with Gasteiger partial charge in [0.2, 0.25) is 0 Å². The van der Waals surface area contributed by atoms with Crippen molar-refractivity contribution < 1.29 is 4.79 Å². The Morgan fingerprint density at radius 2 is 1.61 bits per heavy atom. The summed E-state index contributed by atoms with van der Waals surface area (Å²) in [5.41, 5.74) is 2.60. The van der Waals surface area contributed by atoms with Gasteiger partial charge in [-0.2, -0.15) is 0 Å². The second kappa shape index (κ2) is 8.34. The summed E-state index contributed by atoms with van der Waals surface area (Å²) in [7, 11) is 0. The third-order valence-electron chi connectivity index (χ3n) is 4.11. The Hall–Kier alpha value is -1.55. The quantitative estimate of drug-likeness (QED) is 0.873. The van der Waals surface area contributed by atoms with E-state index in [1.807, 2.05) is 0 Å². The number of urea groups is 1. The molecule has 1 saturated heterocycles. The van der Waals surface area contributed by atoms with Crippen LogP contribution in [0.15, 0.2) is 24.3 Å². The fourth-order valence-corrected chi connectivity index (χ4v) is 2.73. The van der Waals surface area contributed by atoms with Crippen molar-refractivity contribution in [1.82, 2.24) is 15.5 Å². The van der Waals surface area contributed by atoms with E-state index in [0.29, 0.717) is 13.1 Å². The predicted molar refractivity (Wildman–Crippen MR) is 95.3 cm³/mol. The molecular weight excluding hydrogens is 286 g/mol. The van der Waals surface area contributed by atoms with Gasteiger partial charge in [0.1, 0.15) is 0 Å². The summed E-state index contributed by atoms with van der Waals surface area (Å²) in [4.78, 5) is 14.3. The molecule has 1 aliphatic heterocycles. The molecule has 0 aliphatic carbocycles. The lowest BCUT2D eigenvalue weighted by atomic mass is 9.97. The van der Waals surface area contributed by atoms with E-state index >= 15 is 0 Å². The number of piperidine rings is 1. The SMILES string of the molecule is CC(C)(C)CNC(=O)NCc1ccc(CN2CCCCC2)cc1. The number of hydrogen-bond donors (Lipinski definition) is 2. The van der Waals surface area contributed by atoms with Crippen LogP contribution in [0.4, 0.5) is 4.79 Å². The third kappa shape index (κ3) is 7.04. The number of amides is 2. The molecular formula is C19H31N3O. The molecule has 1 fully saturated rings. The van der Waals surface area contributed by atoms with Gasteiger partial charge < -0.3 is 10.6 Å². The number of rotatable bonds is 5. The van der Waals surface area contributed by atoms with Crippen molar-refractivity contribution in [2.45, 2.75) is 53.1 Å². The Kier molecular flexibility index (Phi) is 6.46. The first-order valence-corrected chi connectivity index (χ1v) is 8.74. The summed E-state index contributed by atoms with van der Waals surface area (Å²) in [5.74, 6) is 0. The highest BCUT2D eigenvalue weighted by Crippen LogP contribution is 2.13. The summed E-state index contributed by atoms with van der Waals surface area (Å²) >= 11 is 0. The fraction of sp³-hybridized carbons (Fsp3) is 0.632. The fourth-order valence-electron chi connectivity index (χ4n) is 2.73. The van der Waals surface area contributed by atoms with E-state index < -0.39 is 0 Å². The Labute approximate surface area is 140 Å². The van der Waals surface area contributed by atoms with E-state index in [-0.39, 0.29) is 11.4 Å². The lowest BCUT2D eigenvalue weighted by Crippen LogP contribution is -2.39. The number of nitrogens with one attached hydrogen (secondary N) is 2. The van der Waals surface area contributed by atoms with Crippen LogP contribution >= 0.6 is 0 Å². The number of hydrogen-bond acceptors (Lipinski definition) is 2. The van der Waals surface area contributed by atoms with Gasteiger partial charge in [-0.15, -0.1) is 0 Å². The Bertz CT molecular complexity index is 484. The summed E-state index contributed by atoms with van der Waals surface area (Å²) in [6, 6.07) is 8.49. The molecule has 4 heteroatoms. The molecule has 1 aliphatic rings. The van der Waals surface area contributed by atoms with Crippen molar-refractivity contribution in [3.8, 4) is 0 Å². The van der Waals surface area contributed by atoms with Gasteiger partial charge in [-0.1, -0.05) is 51.5 Å². The molecule has 2 N–H and O–H groups in total. The largest absolute Gasteiger partial charge is 0.338 e. The average molecular weight is 317 g/mol. The lowest BCUT2D eigenvalue weighted by Gasteiger charge is -2.26. The highest BCUT2D eigenvalue weighted by molar-refractivity contribution is 5.73. The standard InChI is InChI=1S/C19H31N3O/c1-19(2,3)15-21-18(23)20-13-16-7-9-17(10-8-16)14-22-11-5-4-6-12-22/h7-10H,4-6,11-15H2,1-3H3,(H2,20,21,23). The van der Waals surface area contributed by atoms with E-state index in [1.54, 1.807) is 0 Å². The molecule has 1 aromatic carbocycles. The topological polar surface area (TPSA) is 44.4 Å². The van der Waals surface area contributed by atoms with Crippen molar-refractivity contribution in [1.29, 1.82) is 0 Å². The van der Waals surface area contributed by atoms with E-state index in [1.165, 1.54) is 37.9 Å². The Balaban J connectivity index is 1.73. The second-order valence-electron chi connectivity index (χ2n) is 7.75. The Morgan fingerprint density at radius 1 is 1.00 bits per heavy atom. The molecule has 0 spiro atoms. The first kappa shape index (κ1) is 17.8. The monoisotopic (exact) mass is 317 g/mol. The molecule has 1 heterocycles. The van der Waals surface area contributed by atoms with Crippen LogP contribution in [0.1, 0.15) is 51.2 Å². The minimum atomic E-state index is -0.0997. The molecule has 0 aromatic heterocycles. The van der Waals surface area contributed by atoms with Crippen LogP contribution in [0.3, 0.4) is 0 Å². The molecule has 128 valence electrons. The number of nitrogens with zero attached hydrogens (tertiary/aromatic N) is 1. The van der Waals surface area contributed by atoms with Gasteiger partial charge >= 0.3 is 6.03 Å². The first-order valence-electron chi connectivity index (χ1n) is 8.74. The van der Waals surface area contributed by atoms with Gasteiger partial charge in [0.25, 0.3) is 0 Å². The maximum atomic E-state index is 11.8. The third-order valence-corrected chi connectivity index (χ3v) is 4.11. The number of carbonyl (C=O) groups is 1. The van der Waals surface area contributed by atoms with E-state index in [2.05, 4.69) is 60.6 Å². The lowest BCUT2D eigenvalue weighted by molar-refractivity contribution is 0.221. The summed E-state index contributed by atoms with van der Waals surface area (Å²) < 4.78 is 0. The summed E-state index contributed by atoms with van der Waals surface area (Å²) in [6.45, 7) is 11.0. The minimum absolute atomic E-state index is 0.0997. The van der Waals surface area contributed by atoms with Gasteiger partial charge in [-0.25, -0.2) is 4.79 Å². The zero-order valence-corrected chi connectivity index (χ0v) is 14.8. The molecule has 1 aromatic rings. The van der Waals surface area contributed by atoms with E-state index in [4.69, 9.17) is 0 Å². The summed E-state index contributed by atoms with van der Waals surface area (Å²) in [6.07, 6.45) is 4.02. The van der Waals surface area contributed by atoms with E-state index in [0.717, 1.165) is 12.1 Å². The van der Waals surface area contributed by atoms with Crippen LogP contribution in [0.25, 0.3) is 0 Å². The number of carbonyl (C=O) groups excluding carboxylic acids is 1. The van der Waals surface area contributed by atoms with Crippen molar-refractivity contribution in [2.24, 2.45) is 5.41 Å². The van der Waals surface area contributed by atoms with Gasteiger partial charge in [0, 0.05) is 19.6 Å². The second-order valence-corrected chi connectivity index (χ2v) is 7.75. The van der Waals surface area contributed by atoms with Crippen molar-refractivity contribution in [3.05, 3.63) is 35.4 Å². The van der Waals surface area contributed by atoms with Crippen molar-refractivity contribution >= 4 is 6.03 Å². The van der Waals surface area contributed by atoms with Crippen LogP contribution in [0.5, 0.6) is 0 Å². The average Bonchev–Trinajstić information content (AvgIpc) is 2.52. The van der Waals surface area contributed by atoms with Gasteiger partial charge in [-0.05, 0) is 42.5 Å². The van der Waals surface area contributed by atoms with Crippen LogP contribution in [0.2, 0.25) is 0 Å². The molecule has 4 nitrogen and oxygen atoms in total. The molecule has 0 radical (unpaired) electrons. The van der Waals surface area contributed by atoms with E-state index in [9.17, 15) is 4.79 Å². The zero-order chi connectivity index (χ0) is 16.7. The molecule has 2 amide bonds. The smallest absolute Gasteiger partial charge is 0.315 e. The highest BCUT2D eigenvalue weighted by atomic mass is 16.2. The highest BCUT2D eigenvalue weighted by Gasteiger charge is 2.12. The predicted octanol–water partition coefficient (Wildman–Crippen LogP) is 3.52. The van der Waals surface area contributed by atoms with Crippen LogP contribution < -0.4 is 10.6 Å². The van der Waals surface area contributed by atoms with Gasteiger partial charge in [0.15, 0.2) is 0 Å². The molecule has 0 atom stereocenters.